The number of hydrogen-bond donors (Lipinski definition) is 2. The van der Waals surface area contributed by atoms with Crippen LogP contribution in [-0.2, 0) is 39.8 Å². The summed E-state index contributed by atoms with van der Waals surface area (Å²) in [5.74, 6) is -2.27. The fraction of sp³-hybridized carbons (Fsp3) is 0.800. The van der Waals surface area contributed by atoms with Gasteiger partial charge in [-0.05, 0) is 105 Å². The van der Waals surface area contributed by atoms with Crippen LogP contribution in [0.4, 0.5) is 4.79 Å². The van der Waals surface area contributed by atoms with Gasteiger partial charge in [-0.3, -0.25) is 19.2 Å². The molecule has 5 rings (SSSR count). The number of ketones is 1. The summed E-state index contributed by atoms with van der Waals surface area (Å²) >= 11 is 0. The predicted octanol–water partition coefficient (Wildman–Crippen LogP) is 6.43. The monoisotopic (exact) mass is 881 g/mol. The minimum absolute atomic E-state index is 0. The van der Waals surface area contributed by atoms with E-state index in [0.29, 0.717) is 63.1 Å². The number of carbonyl (C=O) groups is 3. The standard InChI is InChI=1S/C40H64N8O9.5CH4/c1-11-32-40(7)35(48(38(52)57-40)18-13-12-17-47-23-29(44-45-47)28-15-14-16-42-43-28)27(5)41-22-24(2)21-39(6,53-10)33(20-31(49)26(4)36(51)55-32)56-37-34(50)30(46(8)9)19-25(3)54-37;;;;;/h14-16,23-27,30,32-35,37,41,50H,11-13,17-22H2,1-10H3;5*1H4/t24-,25?,26-,27-,30?,32-,33-,34?,35-,37+,39-,40-;;;;;/m1...../s1. The van der Waals surface area contributed by atoms with Crippen LogP contribution in [0.3, 0.4) is 0 Å². The van der Waals surface area contributed by atoms with Crippen molar-refractivity contribution in [3.05, 3.63) is 24.5 Å². The van der Waals surface area contributed by atoms with E-state index in [1.807, 2.05) is 65.9 Å². The number of Topliss-reactive ketones (excluding diaryl/α,β-unsaturated/α-hetero) is 1. The average molecular weight is 881 g/mol. The first-order valence-corrected chi connectivity index (χ1v) is 20.4. The summed E-state index contributed by atoms with van der Waals surface area (Å²) < 4.78 is 32.9. The molecule has 0 saturated carbocycles. The highest BCUT2D eigenvalue weighted by Gasteiger charge is 2.58. The van der Waals surface area contributed by atoms with Crippen LogP contribution in [-0.4, -0.2) is 152 Å². The lowest BCUT2D eigenvalue weighted by atomic mass is 9.83. The van der Waals surface area contributed by atoms with Gasteiger partial charge in [-0.2, -0.15) is 5.10 Å². The van der Waals surface area contributed by atoms with Crippen LogP contribution in [0.2, 0.25) is 0 Å². The molecule has 17 heteroatoms. The minimum atomic E-state index is -1.22. The molecule has 0 aromatic carbocycles. The van der Waals surface area contributed by atoms with Crippen molar-refractivity contribution in [2.24, 2.45) is 11.8 Å². The zero-order chi connectivity index (χ0) is 41.7. The fourth-order valence-electron chi connectivity index (χ4n) is 8.67. The van der Waals surface area contributed by atoms with Gasteiger partial charge in [-0.1, -0.05) is 56.2 Å². The lowest BCUT2D eigenvalue weighted by Crippen LogP contribution is -2.61. The zero-order valence-electron chi connectivity index (χ0n) is 35.3. The number of esters is 1. The van der Waals surface area contributed by atoms with E-state index in [1.54, 1.807) is 29.0 Å². The van der Waals surface area contributed by atoms with Crippen molar-refractivity contribution in [1.82, 2.24) is 40.3 Å². The third-order valence-electron chi connectivity index (χ3n) is 12.1. The lowest BCUT2D eigenvalue weighted by Gasteiger charge is -2.45. The molecule has 3 saturated heterocycles. The first-order chi connectivity index (χ1) is 27.0. The van der Waals surface area contributed by atoms with Crippen LogP contribution >= 0.6 is 0 Å². The number of rotatable bonds is 11. The number of carbonyl (C=O) groups excluding carboxylic acids is 3. The van der Waals surface area contributed by atoms with Crippen LogP contribution in [0.1, 0.15) is 124 Å². The molecule has 358 valence electrons. The number of nitrogens with zero attached hydrogens (tertiary/aromatic N) is 7. The third kappa shape index (κ3) is 13.2. The van der Waals surface area contributed by atoms with Crippen molar-refractivity contribution in [3.63, 3.8) is 0 Å². The van der Waals surface area contributed by atoms with E-state index < -0.39 is 65.6 Å². The molecule has 62 heavy (non-hydrogen) atoms. The highest BCUT2D eigenvalue weighted by Crippen LogP contribution is 2.39. The van der Waals surface area contributed by atoms with Gasteiger partial charge in [-0.25, -0.2) is 4.79 Å². The highest BCUT2D eigenvalue weighted by molar-refractivity contribution is 5.99. The first-order valence-electron chi connectivity index (χ1n) is 20.4. The van der Waals surface area contributed by atoms with Gasteiger partial charge in [-0.15, -0.1) is 10.2 Å². The van der Waals surface area contributed by atoms with E-state index in [2.05, 4.69) is 32.7 Å². The number of aliphatic hydroxyl groups is 1. The van der Waals surface area contributed by atoms with E-state index in [-0.39, 0.29) is 67.7 Å². The number of unbranched alkanes of at least 4 members (excludes halogenated alkanes) is 1. The number of fused-ring (bicyclic) bond motifs is 1. The molecule has 2 aromatic heterocycles. The first kappa shape index (κ1) is 58.4. The molecule has 17 nitrogen and oxygen atoms in total. The van der Waals surface area contributed by atoms with Gasteiger partial charge in [0.2, 0.25) is 0 Å². The SMILES string of the molecule is C.C.C.C.C.CC[C@H]1OC(=O)[C@H](C)C(=O)C[C@@H](O[C@@H]2OC(C)CC(N(C)C)C2O)[C@](C)(OC)C[C@@H](C)CN[C@H](C)[C@H]2N(CCCCn3cc(-c4cccnn4)nn3)C(=O)O[C@]12C. The molecule has 0 aliphatic carbocycles. The molecule has 2 aromatic rings. The number of nitrogens with one attached hydrogen (secondary N) is 1. The average Bonchev–Trinajstić information content (AvgIpc) is 3.76. The Morgan fingerprint density at radius 1 is 1.00 bits per heavy atom. The van der Waals surface area contributed by atoms with Crippen molar-refractivity contribution in [1.29, 1.82) is 0 Å². The molecule has 0 spiro atoms. The molecule has 0 bridgehead atoms. The molecule has 3 aliphatic heterocycles. The zero-order valence-corrected chi connectivity index (χ0v) is 35.3. The molecule has 2 N–H and O–H groups in total. The third-order valence-corrected chi connectivity index (χ3v) is 12.1. The number of ether oxygens (including phenoxy) is 5. The summed E-state index contributed by atoms with van der Waals surface area (Å²) in [7, 11) is 5.38. The summed E-state index contributed by atoms with van der Waals surface area (Å²) in [5, 5.41) is 31.5. The summed E-state index contributed by atoms with van der Waals surface area (Å²) in [6.45, 7) is 14.6. The second kappa shape index (κ2) is 25.0. The lowest BCUT2D eigenvalue weighted by molar-refractivity contribution is -0.289. The Balaban J connectivity index is 0.00000744. The Morgan fingerprint density at radius 3 is 2.29 bits per heavy atom. The molecule has 3 fully saturated rings. The normalized spacial score (nSPS) is 33.1. The van der Waals surface area contributed by atoms with Crippen molar-refractivity contribution in [2.75, 3.05) is 34.3 Å². The number of aromatic nitrogens is 5. The quantitative estimate of drug-likeness (QED) is 0.143. The summed E-state index contributed by atoms with van der Waals surface area (Å²) in [6.07, 6.45) is 1.63. The number of hydrogen-bond acceptors (Lipinski definition) is 15. The molecule has 3 unspecified atom stereocenters. The number of amides is 1. The molecule has 5 heterocycles. The Labute approximate surface area is 373 Å². The maximum Gasteiger partial charge on any atom is 0.410 e. The van der Waals surface area contributed by atoms with Crippen LogP contribution < -0.4 is 5.32 Å². The summed E-state index contributed by atoms with van der Waals surface area (Å²) in [5.41, 5.74) is -0.978. The number of aliphatic hydroxyl groups excluding tert-OH is 1. The topological polar surface area (TPSA) is 193 Å². The maximum absolute atomic E-state index is 14.0. The molecule has 3 aliphatic rings. The van der Waals surface area contributed by atoms with E-state index in [9.17, 15) is 19.5 Å². The van der Waals surface area contributed by atoms with E-state index in [4.69, 9.17) is 23.7 Å². The summed E-state index contributed by atoms with van der Waals surface area (Å²) in [6, 6.07) is 2.59. The molecule has 1 amide bonds. The van der Waals surface area contributed by atoms with Crippen LogP contribution in [0.25, 0.3) is 11.4 Å². The van der Waals surface area contributed by atoms with Crippen molar-refractivity contribution in [3.8, 4) is 11.4 Å². The second-order valence-corrected chi connectivity index (χ2v) is 16.8. The highest BCUT2D eigenvalue weighted by atomic mass is 16.7. The van der Waals surface area contributed by atoms with E-state index in [1.165, 1.54) is 6.92 Å². The Morgan fingerprint density at radius 2 is 1.68 bits per heavy atom. The molecular formula is C45H84N8O9. The Kier molecular flexibility index (Phi) is 23.6. The number of methoxy groups -OCH3 is 1. The Bertz CT molecular complexity index is 1650. The van der Waals surface area contributed by atoms with Gasteiger partial charge in [0.1, 0.15) is 35.3 Å². The summed E-state index contributed by atoms with van der Waals surface area (Å²) in [4.78, 5) is 45.3. The smallest absolute Gasteiger partial charge is 0.410 e. The predicted molar refractivity (Wildman–Crippen MR) is 242 cm³/mol. The molecule has 0 radical (unpaired) electrons. The van der Waals surface area contributed by atoms with Crippen molar-refractivity contribution < 1.29 is 43.2 Å². The number of likely N-dealkylation sites (N-methyl/N-ethyl adjacent to an activating group) is 1. The maximum atomic E-state index is 14.0. The van der Waals surface area contributed by atoms with Crippen molar-refractivity contribution >= 4 is 17.8 Å². The van der Waals surface area contributed by atoms with Gasteiger partial charge in [0.05, 0.1) is 30.0 Å². The van der Waals surface area contributed by atoms with E-state index >= 15 is 0 Å². The Hall–Kier alpha value is -3.61. The van der Waals surface area contributed by atoms with Crippen LogP contribution in [0.5, 0.6) is 0 Å². The fourth-order valence-corrected chi connectivity index (χ4v) is 8.67. The van der Waals surface area contributed by atoms with Gasteiger partial charge in [0.25, 0.3) is 0 Å². The molecular weight excluding hydrogens is 797 g/mol. The van der Waals surface area contributed by atoms with E-state index in [0.717, 1.165) is 0 Å². The minimum Gasteiger partial charge on any atom is -0.458 e. The van der Waals surface area contributed by atoms with Gasteiger partial charge in [0, 0.05) is 44.9 Å². The number of cyclic esters (lactones) is 1. The largest absolute Gasteiger partial charge is 0.458 e. The van der Waals surface area contributed by atoms with Gasteiger partial charge < -0.3 is 39.0 Å². The van der Waals surface area contributed by atoms with Gasteiger partial charge >= 0.3 is 12.1 Å². The second-order valence-electron chi connectivity index (χ2n) is 16.8. The van der Waals surface area contributed by atoms with Crippen LogP contribution in [0.15, 0.2) is 24.5 Å². The molecule has 12 atom stereocenters. The van der Waals surface area contributed by atoms with Crippen molar-refractivity contribution in [2.45, 2.75) is 191 Å². The van der Waals surface area contributed by atoms with Crippen LogP contribution in [0, 0.1) is 11.8 Å². The van der Waals surface area contributed by atoms with Gasteiger partial charge in [0.15, 0.2) is 11.9 Å². The number of aryl methyl sites for hydroxylation is 1.